The van der Waals surface area contributed by atoms with Gasteiger partial charge in [0.05, 0.1) is 12.6 Å². The predicted octanol–water partition coefficient (Wildman–Crippen LogP) is 3.07. The van der Waals surface area contributed by atoms with E-state index in [0.29, 0.717) is 6.61 Å². The fourth-order valence-electron chi connectivity index (χ4n) is 1.64. The van der Waals surface area contributed by atoms with Crippen molar-refractivity contribution in [2.45, 2.75) is 53.0 Å². The maximum Gasteiger partial charge on any atom is 0.407 e. The van der Waals surface area contributed by atoms with Gasteiger partial charge in [-0.1, -0.05) is 26.8 Å². The molecule has 1 atom stereocenters. The summed E-state index contributed by atoms with van der Waals surface area (Å²) in [6, 6.07) is -0.516. The van der Waals surface area contributed by atoms with E-state index in [9.17, 15) is 9.59 Å². The first-order valence-electron chi connectivity index (χ1n) is 6.33. The molecule has 4 heteroatoms. The average molecular weight is 255 g/mol. The molecule has 0 rings (SSSR count). The topological polar surface area (TPSA) is 55.4 Å². The third-order valence-corrected chi connectivity index (χ3v) is 2.57. The molecule has 1 N–H and O–H groups in total. The summed E-state index contributed by atoms with van der Waals surface area (Å²) in [4.78, 5) is 23.0. The summed E-state index contributed by atoms with van der Waals surface area (Å²) in [5.41, 5.74) is -0.312. The van der Waals surface area contributed by atoms with Crippen LogP contribution in [0.3, 0.4) is 0 Å². The summed E-state index contributed by atoms with van der Waals surface area (Å²) < 4.78 is 5.03. The van der Waals surface area contributed by atoms with E-state index in [0.717, 1.165) is 19.3 Å². The maximum absolute atomic E-state index is 11.5. The number of ketones is 1. The Labute approximate surface area is 110 Å². The second kappa shape index (κ2) is 7.90. The van der Waals surface area contributed by atoms with E-state index >= 15 is 0 Å². The highest BCUT2D eigenvalue weighted by Gasteiger charge is 2.30. The molecule has 0 heterocycles. The third kappa shape index (κ3) is 7.09. The summed E-state index contributed by atoms with van der Waals surface area (Å²) >= 11 is 0. The molecular weight excluding hydrogens is 230 g/mol. The number of carbonyl (C=O) groups excluding carboxylic acids is 2. The molecule has 0 saturated carbocycles. The van der Waals surface area contributed by atoms with Gasteiger partial charge in [0.15, 0.2) is 5.78 Å². The van der Waals surface area contributed by atoms with Crippen LogP contribution in [0.25, 0.3) is 0 Å². The van der Waals surface area contributed by atoms with Gasteiger partial charge in [-0.2, -0.15) is 0 Å². The van der Waals surface area contributed by atoms with Gasteiger partial charge in [-0.05, 0) is 31.6 Å². The van der Waals surface area contributed by atoms with Crippen molar-refractivity contribution in [1.82, 2.24) is 5.32 Å². The van der Waals surface area contributed by atoms with Crippen molar-refractivity contribution in [2.24, 2.45) is 5.41 Å². The molecule has 0 aliphatic carbocycles. The minimum absolute atomic E-state index is 0.0638. The average Bonchev–Trinajstić information content (AvgIpc) is 2.23. The number of hydrogen-bond acceptors (Lipinski definition) is 3. The normalized spacial score (nSPS) is 12.7. The molecule has 0 radical (unpaired) electrons. The van der Waals surface area contributed by atoms with Crippen LogP contribution in [0.4, 0.5) is 4.79 Å². The van der Waals surface area contributed by atoms with Crippen molar-refractivity contribution in [3.63, 3.8) is 0 Å². The van der Waals surface area contributed by atoms with Crippen LogP contribution in [-0.4, -0.2) is 24.5 Å². The van der Waals surface area contributed by atoms with Crippen LogP contribution in [0.1, 0.15) is 47.0 Å². The zero-order valence-corrected chi connectivity index (χ0v) is 11.9. The van der Waals surface area contributed by atoms with Crippen molar-refractivity contribution < 1.29 is 14.3 Å². The second-order valence-corrected chi connectivity index (χ2v) is 5.47. The minimum Gasteiger partial charge on any atom is -0.450 e. The Kier molecular flexibility index (Phi) is 7.32. The van der Waals surface area contributed by atoms with E-state index in [2.05, 4.69) is 11.9 Å². The molecular formula is C14H25NO3. The number of ether oxygens (including phenoxy) is 1. The van der Waals surface area contributed by atoms with Gasteiger partial charge in [0.2, 0.25) is 0 Å². The van der Waals surface area contributed by atoms with Crippen molar-refractivity contribution in [3.05, 3.63) is 12.7 Å². The summed E-state index contributed by atoms with van der Waals surface area (Å²) in [6.07, 6.45) is 3.99. The first-order valence-corrected chi connectivity index (χ1v) is 6.33. The molecule has 1 amide bonds. The Morgan fingerprint density at radius 1 is 1.33 bits per heavy atom. The molecule has 104 valence electrons. The van der Waals surface area contributed by atoms with Crippen molar-refractivity contribution in [2.75, 3.05) is 6.61 Å². The fraction of sp³-hybridized carbons (Fsp3) is 0.714. The Morgan fingerprint density at radius 2 is 1.94 bits per heavy atom. The van der Waals surface area contributed by atoms with Gasteiger partial charge < -0.3 is 10.1 Å². The van der Waals surface area contributed by atoms with Crippen molar-refractivity contribution in [3.8, 4) is 0 Å². The van der Waals surface area contributed by atoms with Gasteiger partial charge in [0.25, 0.3) is 0 Å². The molecule has 0 spiro atoms. The molecule has 1 unspecified atom stereocenters. The van der Waals surface area contributed by atoms with Crippen LogP contribution in [0.5, 0.6) is 0 Å². The summed E-state index contributed by atoms with van der Waals surface area (Å²) in [7, 11) is 0. The van der Waals surface area contributed by atoms with E-state index in [-0.39, 0.29) is 11.2 Å². The summed E-state index contributed by atoms with van der Waals surface area (Å²) in [6.45, 7) is 11.2. The summed E-state index contributed by atoms with van der Waals surface area (Å²) in [5.74, 6) is -0.0638. The van der Waals surface area contributed by atoms with Crippen LogP contribution in [0.2, 0.25) is 0 Å². The van der Waals surface area contributed by atoms with E-state index < -0.39 is 12.1 Å². The minimum atomic E-state index is -0.524. The van der Waals surface area contributed by atoms with Gasteiger partial charge in [-0.25, -0.2) is 4.79 Å². The Morgan fingerprint density at radius 3 is 2.39 bits per heavy atom. The lowest BCUT2D eigenvalue weighted by molar-refractivity contribution is -0.121. The second-order valence-electron chi connectivity index (χ2n) is 5.47. The highest BCUT2D eigenvalue weighted by Crippen LogP contribution is 2.20. The quantitative estimate of drug-likeness (QED) is 0.562. The van der Waals surface area contributed by atoms with Crippen LogP contribution in [-0.2, 0) is 9.53 Å². The lowest BCUT2D eigenvalue weighted by atomic mass is 9.85. The third-order valence-electron chi connectivity index (χ3n) is 2.57. The van der Waals surface area contributed by atoms with Crippen molar-refractivity contribution >= 4 is 11.9 Å². The number of allylic oxidation sites excluding steroid dienone is 1. The molecule has 0 bridgehead atoms. The highest BCUT2D eigenvalue weighted by molar-refractivity contribution is 5.86. The summed E-state index contributed by atoms with van der Waals surface area (Å²) in [5, 5.41) is 2.62. The predicted molar refractivity (Wildman–Crippen MR) is 72.5 cm³/mol. The molecule has 0 aliphatic heterocycles. The van der Waals surface area contributed by atoms with Gasteiger partial charge in [-0.3, -0.25) is 4.79 Å². The number of nitrogens with one attached hydrogen (secondary N) is 1. The molecule has 0 aromatic rings. The smallest absolute Gasteiger partial charge is 0.407 e. The van der Waals surface area contributed by atoms with Gasteiger partial charge in [0.1, 0.15) is 0 Å². The number of alkyl carbamates (subject to hydrolysis) is 1. The lowest BCUT2D eigenvalue weighted by Gasteiger charge is -2.28. The van der Waals surface area contributed by atoms with Crippen molar-refractivity contribution in [1.29, 1.82) is 0 Å². The van der Waals surface area contributed by atoms with Crippen LogP contribution >= 0.6 is 0 Å². The number of unbranched alkanes of at least 4 members (excludes halogenated alkanes) is 2. The fourth-order valence-corrected chi connectivity index (χ4v) is 1.64. The van der Waals surface area contributed by atoms with Crippen LogP contribution < -0.4 is 5.32 Å². The Bertz CT molecular complexity index is 292. The van der Waals surface area contributed by atoms with Crippen LogP contribution in [0.15, 0.2) is 12.7 Å². The van der Waals surface area contributed by atoms with Gasteiger partial charge in [0, 0.05) is 0 Å². The number of amides is 1. The molecule has 4 nitrogen and oxygen atoms in total. The zero-order valence-electron chi connectivity index (χ0n) is 11.9. The first-order chi connectivity index (χ1) is 8.29. The lowest BCUT2D eigenvalue weighted by Crippen LogP contribution is -2.48. The maximum atomic E-state index is 11.5. The van der Waals surface area contributed by atoms with E-state index in [1.807, 2.05) is 26.8 Å². The van der Waals surface area contributed by atoms with Gasteiger partial charge in [-0.15, -0.1) is 6.58 Å². The molecule has 0 saturated heterocycles. The standard InChI is InChI=1S/C14H25NO3/c1-6-7-8-9-10-18-13(17)15-12(11(2)16)14(3,4)5/h6,12H,1,7-10H2,2-5H3,(H,15,17). The largest absolute Gasteiger partial charge is 0.450 e. The molecule has 18 heavy (non-hydrogen) atoms. The van der Waals surface area contributed by atoms with Gasteiger partial charge >= 0.3 is 6.09 Å². The highest BCUT2D eigenvalue weighted by atomic mass is 16.5. The molecule has 0 fully saturated rings. The molecule has 0 aromatic carbocycles. The monoisotopic (exact) mass is 255 g/mol. The zero-order chi connectivity index (χ0) is 14.2. The number of carbonyl (C=O) groups is 2. The van der Waals surface area contributed by atoms with E-state index in [1.165, 1.54) is 6.92 Å². The Balaban J connectivity index is 4.04. The number of hydrogen-bond donors (Lipinski definition) is 1. The first kappa shape index (κ1) is 16.7. The van der Waals surface area contributed by atoms with E-state index in [1.54, 1.807) is 0 Å². The number of rotatable bonds is 7. The van der Waals surface area contributed by atoms with Crippen LogP contribution in [0, 0.1) is 5.41 Å². The molecule has 0 aliphatic rings. The Hall–Kier alpha value is -1.32. The SMILES string of the molecule is C=CCCCCOC(=O)NC(C(C)=O)C(C)(C)C. The van der Waals surface area contributed by atoms with E-state index in [4.69, 9.17) is 4.74 Å². The molecule has 0 aromatic heterocycles. The number of Topliss-reactive ketones (excluding diaryl/α,β-unsaturated/α-hetero) is 1.